The Kier molecular flexibility index (Phi) is 4.01. The molecule has 2 N–H and O–H groups in total. The fourth-order valence-electron chi connectivity index (χ4n) is 3.55. The number of benzene rings is 1. The number of nitrogens with zero attached hydrogens (tertiary/aromatic N) is 1. The van der Waals surface area contributed by atoms with E-state index in [0.717, 1.165) is 31.9 Å². The summed E-state index contributed by atoms with van der Waals surface area (Å²) in [7, 11) is 0. The van der Waals surface area contributed by atoms with E-state index in [0.29, 0.717) is 12.2 Å². The van der Waals surface area contributed by atoms with E-state index in [2.05, 4.69) is 4.90 Å². The molecule has 3 rings (SSSR count). The number of ether oxygens (including phenoxy) is 1. The Balaban J connectivity index is 1.90. The van der Waals surface area contributed by atoms with Gasteiger partial charge in [-0.1, -0.05) is 0 Å². The highest BCUT2D eigenvalue weighted by Crippen LogP contribution is 2.35. The molecular weight excluding hydrogens is 262 g/mol. The van der Waals surface area contributed by atoms with E-state index in [1.807, 2.05) is 0 Å². The van der Waals surface area contributed by atoms with E-state index >= 15 is 0 Å². The Hall–Kier alpha value is -1.04. The molecule has 110 valence electrons. The molecule has 1 aromatic carbocycles. The standard InChI is InChI=1S/C15H20F2N2O/c16-10-4-5-12(17)11(8-10)14(9-18)19-6-7-20-15-3-1-2-13(15)19/h4-5,8,13-15H,1-3,6-7,9,18H2. The molecule has 1 aliphatic heterocycles. The number of fused-ring (bicyclic) bond motifs is 1. The monoisotopic (exact) mass is 282 g/mol. The highest BCUT2D eigenvalue weighted by Gasteiger charge is 2.39. The van der Waals surface area contributed by atoms with Gasteiger partial charge in [-0.05, 0) is 37.5 Å². The third kappa shape index (κ3) is 2.45. The molecule has 20 heavy (non-hydrogen) atoms. The summed E-state index contributed by atoms with van der Waals surface area (Å²) < 4.78 is 33.2. The smallest absolute Gasteiger partial charge is 0.128 e. The van der Waals surface area contributed by atoms with Crippen LogP contribution in [-0.4, -0.2) is 36.7 Å². The Bertz CT molecular complexity index is 483. The lowest BCUT2D eigenvalue weighted by Crippen LogP contribution is -2.51. The zero-order valence-electron chi connectivity index (χ0n) is 11.4. The van der Waals surface area contributed by atoms with Crippen LogP contribution in [-0.2, 0) is 4.74 Å². The van der Waals surface area contributed by atoms with Gasteiger partial charge in [0.15, 0.2) is 0 Å². The van der Waals surface area contributed by atoms with Gasteiger partial charge < -0.3 is 10.5 Å². The van der Waals surface area contributed by atoms with Crippen LogP contribution in [0.15, 0.2) is 18.2 Å². The summed E-state index contributed by atoms with van der Waals surface area (Å²) in [4.78, 5) is 2.21. The zero-order valence-corrected chi connectivity index (χ0v) is 11.4. The quantitative estimate of drug-likeness (QED) is 0.924. The first-order chi connectivity index (χ1) is 9.70. The normalized spacial score (nSPS) is 28.4. The van der Waals surface area contributed by atoms with E-state index in [1.165, 1.54) is 12.1 Å². The highest BCUT2D eigenvalue weighted by atomic mass is 19.1. The average molecular weight is 282 g/mol. The molecule has 2 fully saturated rings. The second-order valence-corrected chi connectivity index (χ2v) is 5.56. The second kappa shape index (κ2) is 5.76. The first-order valence-electron chi connectivity index (χ1n) is 7.23. The van der Waals surface area contributed by atoms with Gasteiger partial charge in [-0.25, -0.2) is 8.78 Å². The van der Waals surface area contributed by atoms with Crippen molar-refractivity contribution in [2.45, 2.75) is 37.5 Å². The van der Waals surface area contributed by atoms with E-state index in [9.17, 15) is 8.78 Å². The van der Waals surface area contributed by atoms with Gasteiger partial charge in [-0.15, -0.1) is 0 Å². The minimum atomic E-state index is -0.420. The van der Waals surface area contributed by atoms with Crippen LogP contribution in [0.2, 0.25) is 0 Å². The fraction of sp³-hybridized carbons (Fsp3) is 0.600. The Morgan fingerprint density at radius 3 is 3.00 bits per heavy atom. The van der Waals surface area contributed by atoms with Gasteiger partial charge in [0.05, 0.1) is 18.8 Å². The highest BCUT2D eigenvalue weighted by molar-refractivity contribution is 5.23. The topological polar surface area (TPSA) is 38.5 Å². The maximum Gasteiger partial charge on any atom is 0.128 e. The SMILES string of the molecule is NCC(c1cc(F)ccc1F)N1CCOC2CCCC21. The van der Waals surface area contributed by atoms with Crippen LogP contribution in [0.5, 0.6) is 0 Å². The third-order valence-corrected chi connectivity index (χ3v) is 4.47. The largest absolute Gasteiger partial charge is 0.375 e. The molecule has 0 radical (unpaired) electrons. The van der Waals surface area contributed by atoms with Gasteiger partial charge in [0.2, 0.25) is 0 Å². The molecule has 1 aliphatic carbocycles. The third-order valence-electron chi connectivity index (χ3n) is 4.47. The number of hydrogen-bond donors (Lipinski definition) is 1. The van der Waals surface area contributed by atoms with Crippen molar-refractivity contribution in [3.8, 4) is 0 Å². The minimum absolute atomic E-state index is 0.217. The van der Waals surface area contributed by atoms with Crippen molar-refractivity contribution in [3.05, 3.63) is 35.4 Å². The average Bonchev–Trinajstić information content (AvgIpc) is 2.92. The number of nitrogens with two attached hydrogens (primary N) is 1. The minimum Gasteiger partial charge on any atom is -0.375 e. The summed E-state index contributed by atoms with van der Waals surface area (Å²) in [5.74, 6) is -0.807. The van der Waals surface area contributed by atoms with Crippen LogP contribution < -0.4 is 5.73 Å². The molecule has 0 spiro atoms. The van der Waals surface area contributed by atoms with Gasteiger partial charge in [-0.2, -0.15) is 0 Å². The molecule has 3 atom stereocenters. The molecule has 1 heterocycles. The summed E-state index contributed by atoms with van der Waals surface area (Å²) >= 11 is 0. The van der Waals surface area contributed by atoms with Crippen LogP contribution in [0, 0.1) is 11.6 Å². The first-order valence-corrected chi connectivity index (χ1v) is 7.23. The van der Waals surface area contributed by atoms with Gasteiger partial charge >= 0.3 is 0 Å². The van der Waals surface area contributed by atoms with Crippen molar-refractivity contribution in [1.82, 2.24) is 4.90 Å². The lowest BCUT2D eigenvalue weighted by atomic mass is 10.00. The van der Waals surface area contributed by atoms with E-state index in [-0.39, 0.29) is 30.5 Å². The molecule has 0 bridgehead atoms. The predicted molar refractivity (Wildman–Crippen MR) is 72.2 cm³/mol. The molecule has 3 nitrogen and oxygen atoms in total. The van der Waals surface area contributed by atoms with Crippen molar-refractivity contribution in [2.75, 3.05) is 19.7 Å². The van der Waals surface area contributed by atoms with E-state index in [4.69, 9.17) is 10.5 Å². The van der Waals surface area contributed by atoms with E-state index in [1.54, 1.807) is 0 Å². The fourth-order valence-corrected chi connectivity index (χ4v) is 3.55. The van der Waals surface area contributed by atoms with Crippen LogP contribution in [0.4, 0.5) is 8.78 Å². The molecule has 0 amide bonds. The van der Waals surface area contributed by atoms with Crippen molar-refractivity contribution in [3.63, 3.8) is 0 Å². The Morgan fingerprint density at radius 2 is 2.20 bits per heavy atom. The summed E-state index contributed by atoms with van der Waals surface area (Å²) in [6.07, 6.45) is 3.42. The van der Waals surface area contributed by atoms with Gasteiger partial charge in [0.1, 0.15) is 11.6 Å². The molecule has 5 heteroatoms. The molecule has 1 saturated heterocycles. The number of rotatable bonds is 3. The summed E-state index contributed by atoms with van der Waals surface area (Å²) in [6.45, 7) is 1.64. The van der Waals surface area contributed by atoms with E-state index < -0.39 is 5.82 Å². The molecular formula is C15H20F2N2O. The van der Waals surface area contributed by atoms with Crippen LogP contribution in [0.25, 0.3) is 0 Å². The predicted octanol–water partition coefficient (Wildman–Crippen LogP) is 2.22. The van der Waals surface area contributed by atoms with Crippen molar-refractivity contribution < 1.29 is 13.5 Å². The lowest BCUT2D eigenvalue weighted by molar-refractivity contribution is -0.0716. The Morgan fingerprint density at radius 1 is 1.35 bits per heavy atom. The number of halogens is 2. The molecule has 1 saturated carbocycles. The maximum atomic E-state index is 14.0. The molecule has 3 unspecified atom stereocenters. The van der Waals surface area contributed by atoms with Crippen molar-refractivity contribution >= 4 is 0 Å². The lowest BCUT2D eigenvalue weighted by Gasteiger charge is -2.42. The molecule has 0 aromatic heterocycles. The molecule has 2 aliphatic rings. The second-order valence-electron chi connectivity index (χ2n) is 5.56. The summed E-state index contributed by atoms with van der Waals surface area (Å²) in [5, 5.41) is 0. The van der Waals surface area contributed by atoms with Crippen molar-refractivity contribution in [1.29, 1.82) is 0 Å². The van der Waals surface area contributed by atoms with Crippen LogP contribution >= 0.6 is 0 Å². The van der Waals surface area contributed by atoms with Gasteiger partial charge in [0, 0.05) is 24.7 Å². The summed E-state index contributed by atoms with van der Waals surface area (Å²) in [5.41, 5.74) is 6.23. The van der Waals surface area contributed by atoms with Gasteiger partial charge in [0.25, 0.3) is 0 Å². The number of morpholine rings is 1. The molecule has 1 aromatic rings. The summed E-state index contributed by atoms with van der Waals surface area (Å²) in [6, 6.07) is 3.59. The Labute approximate surface area is 117 Å². The van der Waals surface area contributed by atoms with Gasteiger partial charge in [-0.3, -0.25) is 4.90 Å². The number of hydrogen-bond acceptors (Lipinski definition) is 3. The maximum absolute atomic E-state index is 14.0. The van der Waals surface area contributed by atoms with Crippen molar-refractivity contribution in [2.24, 2.45) is 5.73 Å². The zero-order chi connectivity index (χ0) is 14.1. The van der Waals surface area contributed by atoms with Crippen LogP contribution in [0.3, 0.4) is 0 Å². The first kappa shape index (κ1) is 13.9. The van der Waals surface area contributed by atoms with Crippen LogP contribution in [0.1, 0.15) is 30.9 Å².